The number of halogens is 5. The van der Waals surface area contributed by atoms with Crippen molar-refractivity contribution in [3.8, 4) is 5.75 Å². The van der Waals surface area contributed by atoms with Gasteiger partial charge < -0.3 is 25.3 Å². The van der Waals surface area contributed by atoms with Gasteiger partial charge in [0, 0.05) is 19.7 Å². The number of pyridine rings is 1. The van der Waals surface area contributed by atoms with Crippen molar-refractivity contribution < 1.29 is 46.2 Å². The molecule has 1 aliphatic rings. The van der Waals surface area contributed by atoms with Gasteiger partial charge in [-0.3, -0.25) is 9.59 Å². The highest BCUT2D eigenvalue weighted by atomic mass is 19.4. The molecule has 2 heterocycles. The molecule has 1 aromatic heterocycles. The Morgan fingerprint density at radius 2 is 1.97 bits per heavy atom. The Hall–Kier alpha value is -3.68. The third kappa shape index (κ3) is 4.78. The lowest BCUT2D eigenvalue weighted by atomic mass is 9.99. The number of hydrogen-bond donors (Lipinski definition) is 2. The number of methoxy groups -OCH3 is 1. The number of benzene rings is 1. The number of primary amides is 1. The summed E-state index contributed by atoms with van der Waals surface area (Å²) in [6, 6.07) is 2.12. The molecule has 35 heavy (non-hydrogen) atoms. The quantitative estimate of drug-likeness (QED) is 0.460. The summed E-state index contributed by atoms with van der Waals surface area (Å²) >= 11 is 0. The summed E-state index contributed by atoms with van der Waals surface area (Å²) in [5.74, 6) is -5.56. The van der Waals surface area contributed by atoms with Gasteiger partial charge in [0.25, 0.3) is 11.8 Å². The van der Waals surface area contributed by atoms with Gasteiger partial charge >= 0.3 is 6.18 Å². The fourth-order valence-electron chi connectivity index (χ4n) is 3.78. The van der Waals surface area contributed by atoms with Crippen LogP contribution in [0.2, 0.25) is 0 Å². The number of nitrogens with two attached hydrogens (primary N) is 1. The number of hydrogen-bond acceptors (Lipinski definition) is 6. The summed E-state index contributed by atoms with van der Waals surface area (Å²) in [5.41, 5.74) is 1.55. The molecule has 1 saturated heterocycles. The largest absolute Gasteiger partial charge is 0.489 e. The normalized spacial score (nSPS) is 20.8. The number of aromatic nitrogens is 1. The summed E-state index contributed by atoms with van der Waals surface area (Å²) < 4.78 is 80.7. The van der Waals surface area contributed by atoms with Gasteiger partial charge in [-0.15, -0.1) is 0 Å². The molecule has 2 atom stereocenters. The predicted molar refractivity (Wildman–Crippen MR) is 110 cm³/mol. The van der Waals surface area contributed by atoms with Gasteiger partial charge in [-0.25, -0.2) is 9.38 Å². The Kier molecular flexibility index (Phi) is 7.06. The van der Waals surface area contributed by atoms with E-state index in [4.69, 9.17) is 15.2 Å². The molecular formula is C21H21F5N4O5. The van der Waals surface area contributed by atoms with Crippen LogP contribution < -0.4 is 20.7 Å². The van der Waals surface area contributed by atoms with E-state index in [1.807, 2.05) is 0 Å². The highest BCUT2D eigenvalue weighted by Gasteiger charge is 2.63. The topological polar surface area (TPSA) is 119 Å². The maximum absolute atomic E-state index is 14.5. The monoisotopic (exact) mass is 504 g/mol. The van der Waals surface area contributed by atoms with Gasteiger partial charge in [0.15, 0.2) is 17.2 Å². The number of amides is 2. The van der Waals surface area contributed by atoms with Crippen molar-refractivity contribution in [2.45, 2.75) is 31.2 Å². The number of nitrogens with zero attached hydrogens (tertiary/aromatic N) is 3. The van der Waals surface area contributed by atoms with E-state index in [0.717, 1.165) is 36.4 Å². The van der Waals surface area contributed by atoms with E-state index < -0.39 is 65.7 Å². The highest BCUT2D eigenvalue weighted by molar-refractivity contribution is 5.91. The molecule has 2 aromatic rings. The van der Waals surface area contributed by atoms with E-state index >= 15 is 0 Å². The number of rotatable bonds is 6. The molecule has 1 aliphatic heterocycles. The van der Waals surface area contributed by atoms with Gasteiger partial charge in [-0.1, -0.05) is 0 Å². The Bertz CT molecular complexity index is 1220. The van der Waals surface area contributed by atoms with Gasteiger partial charge in [-0.05, 0) is 31.2 Å². The summed E-state index contributed by atoms with van der Waals surface area (Å²) in [7, 11) is 0.820. The van der Waals surface area contributed by atoms with Crippen LogP contribution in [0.25, 0.3) is 0 Å². The van der Waals surface area contributed by atoms with Crippen molar-refractivity contribution in [2.24, 2.45) is 10.7 Å². The van der Waals surface area contributed by atoms with Crippen molar-refractivity contribution in [3.05, 3.63) is 53.1 Å². The SMILES string of the molecule is CCOc1c(N2CC(OC)(C(F)(F)F)CC2C(=O)N=c2ccn(O)c(C(N)=O)c2)ccc(F)c1F. The van der Waals surface area contributed by atoms with E-state index in [1.54, 1.807) is 0 Å². The van der Waals surface area contributed by atoms with Crippen LogP contribution in [-0.4, -0.2) is 59.8 Å². The summed E-state index contributed by atoms with van der Waals surface area (Å²) in [6.07, 6.45) is -4.90. The smallest absolute Gasteiger partial charge is 0.419 e. The van der Waals surface area contributed by atoms with Crippen molar-refractivity contribution in [1.29, 1.82) is 0 Å². The molecule has 0 spiro atoms. The predicted octanol–water partition coefficient (Wildman–Crippen LogP) is 2.15. The lowest BCUT2D eigenvalue weighted by Gasteiger charge is -2.31. The van der Waals surface area contributed by atoms with Crippen LogP contribution in [0.3, 0.4) is 0 Å². The van der Waals surface area contributed by atoms with Gasteiger partial charge in [0.05, 0.1) is 24.2 Å². The molecule has 3 rings (SSSR count). The number of anilines is 1. The van der Waals surface area contributed by atoms with Crippen LogP contribution in [0.1, 0.15) is 23.8 Å². The third-order valence-electron chi connectivity index (χ3n) is 5.55. The van der Waals surface area contributed by atoms with E-state index in [0.29, 0.717) is 10.8 Å². The minimum Gasteiger partial charge on any atom is -0.489 e. The van der Waals surface area contributed by atoms with Crippen molar-refractivity contribution in [1.82, 2.24) is 4.73 Å². The fraction of sp³-hybridized carbons (Fsp3) is 0.381. The maximum Gasteiger partial charge on any atom is 0.419 e. The fourth-order valence-corrected chi connectivity index (χ4v) is 3.78. The summed E-state index contributed by atoms with van der Waals surface area (Å²) in [5, 5.41) is 9.43. The first-order chi connectivity index (χ1) is 16.3. The van der Waals surface area contributed by atoms with Gasteiger partial charge in [-0.2, -0.15) is 22.3 Å². The highest BCUT2D eigenvalue weighted by Crippen LogP contribution is 2.47. The molecule has 1 fully saturated rings. The molecule has 3 N–H and O–H groups in total. The molecule has 9 nitrogen and oxygen atoms in total. The zero-order valence-corrected chi connectivity index (χ0v) is 18.5. The van der Waals surface area contributed by atoms with Crippen LogP contribution in [0.5, 0.6) is 5.75 Å². The van der Waals surface area contributed by atoms with Crippen molar-refractivity contribution >= 4 is 17.5 Å². The van der Waals surface area contributed by atoms with Crippen LogP contribution in [0, 0.1) is 11.6 Å². The minimum atomic E-state index is -4.94. The molecular weight excluding hydrogens is 483 g/mol. The van der Waals surface area contributed by atoms with E-state index in [-0.39, 0.29) is 17.7 Å². The number of alkyl halides is 3. The first kappa shape index (κ1) is 25.9. The lowest BCUT2D eigenvalue weighted by molar-refractivity contribution is -0.261. The zero-order chi connectivity index (χ0) is 26.1. The van der Waals surface area contributed by atoms with E-state index in [9.17, 15) is 36.7 Å². The van der Waals surface area contributed by atoms with Crippen molar-refractivity contribution in [2.75, 3.05) is 25.2 Å². The van der Waals surface area contributed by atoms with Crippen molar-refractivity contribution in [3.63, 3.8) is 0 Å². The van der Waals surface area contributed by atoms with Gasteiger partial charge in [0.2, 0.25) is 5.82 Å². The molecule has 0 bridgehead atoms. The Morgan fingerprint density at radius 3 is 2.54 bits per heavy atom. The molecule has 0 saturated carbocycles. The van der Waals surface area contributed by atoms with Crippen LogP contribution in [0.15, 0.2) is 35.5 Å². The third-order valence-corrected chi connectivity index (χ3v) is 5.55. The Morgan fingerprint density at radius 1 is 1.29 bits per heavy atom. The molecule has 0 radical (unpaired) electrons. The second-order valence-corrected chi connectivity index (χ2v) is 7.62. The van der Waals surface area contributed by atoms with Crippen LogP contribution in [-0.2, 0) is 9.53 Å². The number of carbonyl (C=O) groups excluding carboxylic acids is 2. The molecule has 0 aliphatic carbocycles. The average Bonchev–Trinajstić information content (AvgIpc) is 3.20. The van der Waals surface area contributed by atoms with Crippen LogP contribution >= 0.6 is 0 Å². The standard InChI is InChI=1S/C21H21F5N4O5/c1-3-35-17-13(5-4-12(22)16(17)23)29-10-20(34-2,21(24,25)26)9-15(29)19(32)28-11-6-7-30(33)14(8-11)18(27)31/h4-8,15,33H,3,9-10H2,1-2H3,(H2,27,31). The van der Waals surface area contributed by atoms with E-state index in [1.165, 1.54) is 6.92 Å². The Balaban J connectivity index is 2.16. The second kappa shape index (κ2) is 9.52. The molecule has 2 unspecified atom stereocenters. The molecule has 190 valence electrons. The number of carbonyl (C=O) groups is 2. The summed E-state index contributed by atoms with van der Waals surface area (Å²) in [6.45, 7) is 0.381. The lowest BCUT2D eigenvalue weighted by Crippen LogP contribution is -2.49. The number of ether oxygens (including phenoxy) is 2. The van der Waals surface area contributed by atoms with Gasteiger partial charge in [0.1, 0.15) is 11.7 Å². The van der Waals surface area contributed by atoms with Crippen LogP contribution in [0.4, 0.5) is 27.6 Å². The molecule has 2 amide bonds. The minimum absolute atomic E-state index is 0.139. The first-order valence-corrected chi connectivity index (χ1v) is 10.1. The Labute approximate surface area is 195 Å². The van der Waals surface area contributed by atoms with E-state index in [2.05, 4.69) is 4.99 Å². The summed E-state index contributed by atoms with van der Waals surface area (Å²) in [4.78, 5) is 29.2. The average molecular weight is 504 g/mol. The molecule has 1 aromatic carbocycles. The maximum atomic E-state index is 14.5. The molecule has 14 heteroatoms. The first-order valence-electron chi connectivity index (χ1n) is 10.1. The second-order valence-electron chi connectivity index (χ2n) is 7.62. The zero-order valence-electron chi connectivity index (χ0n) is 18.5.